The Bertz CT molecular complexity index is 431. The Labute approximate surface area is 104 Å². The van der Waals surface area contributed by atoms with Gasteiger partial charge in [-0.2, -0.15) is 5.10 Å². The van der Waals surface area contributed by atoms with Gasteiger partial charge in [0.15, 0.2) is 0 Å². The number of hydrogen-bond donors (Lipinski definition) is 1. The molecule has 1 heterocycles. The van der Waals surface area contributed by atoms with E-state index in [4.69, 9.17) is 5.11 Å². The zero-order valence-electron chi connectivity index (χ0n) is 9.91. The predicted molar refractivity (Wildman–Crippen MR) is 62.4 cm³/mol. The van der Waals surface area contributed by atoms with Crippen LogP contribution in [-0.4, -0.2) is 25.8 Å². The van der Waals surface area contributed by atoms with Crippen LogP contribution in [0.25, 0.3) is 0 Å². The molecular formula is C11H15N3O4. The van der Waals surface area contributed by atoms with Gasteiger partial charge in [0.05, 0.1) is 4.92 Å². The van der Waals surface area contributed by atoms with E-state index in [1.807, 2.05) is 0 Å². The molecule has 18 heavy (non-hydrogen) atoms. The Morgan fingerprint density at radius 1 is 1.50 bits per heavy atom. The van der Waals surface area contributed by atoms with Crippen molar-refractivity contribution in [1.82, 2.24) is 9.78 Å². The normalized spacial score (nSPS) is 16.7. The summed E-state index contributed by atoms with van der Waals surface area (Å²) in [6.07, 6.45) is 6.94. The molecule has 0 radical (unpaired) electrons. The van der Waals surface area contributed by atoms with Crippen LogP contribution in [0.2, 0.25) is 0 Å². The third-order valence-electron chi connectivity index (χ3n) is 3.31. The molecule has 1 aromatic rings. The summed E-state index contributed by atoms with van der Waals surface area (Å²) in [7, 11) is 0. The molecule has 1 saturated carbocycles. The van der Waals surface area contributed by atoms with Gasteiger partial charge in [0.25, 0.3) is 0 Å². The highest BCUT2D eigenvalue weighted by molar-refractivity contribution is 5.89. The molecule has 1 aliphatic carbocycles. The Kier molecular flexibility index (Phi) is 3.59. The zero-order valence-corrected chi connectivity index (χ0v) is 9.91. The van der Waals surface area contributed by atoms with Crippen LogP contribution < -0.4 is 0 Å². The number of carboxylic acids is 1. The molecule has 0 aliphatic heterocycles. The number of aromatic carboxylic acids is 1. The summed E-state index contributed by atoms with van der Waals surface area (Å²) in [5.41, 5.74) is -0.908. The monoisotopic (exact) mass is 253 g/mol. The number of nitrogens with zero attached hydrogens (tertiary/aromatic N) is 3. The molecule has 0 atom stereocenters. The number of hydrogen-bond acceptors (Lipinski definition) is 4. The maximum Gasteiger partial charge on any atom is 0.363 e. The van der Waals surface area contributed by atoms with Gasteiger partial charge in [0, 0.05) is 6.54 Å². The molecule has 0 saturated heterocycles. The van der Waals surface area contributed by atoms with Gasteiger partial charge in [-0.15, -0.1) is 0 Å². The van der Waals surface area contributed by atoms with E-state index in [1.165, 1.54) is 30.1 Å². The van der Waals surface area contributed by atoms with E-state index in [0.29, 0.717) is 12.5 Å². The first-order valence-corrected chi connectivity index (χ1v) is 6.03. The third-order valence-corrected chi connectivity index (χ3v) is 3.31. The highest BCUT2D eigenvalue weighted by atomic mass is 16.6. The standard InChI is InChI=1S/C11H15N3O4/c15-11(16)10-9(14(17)18)7-13(12-10)6-8-4-2-1-3-5-8/h7-8H,1-6H2,(H,15,16). The smallest absolute Gasteiger partial charge is 0.363 e. The maximum absolute atomic E-state index is 10.9. The second-order valence-corrected chi connectivity index (χ2v) is 4.65. The van der Waals surface area contributed by atoms with Crippen LogP contribution in [0.15, 0.2) is 6.20 Å². The quantitative estimate of drug-likeness (QED) is 0.654. The second-order valence-electron chi connectivity index (χ2n) is 4.65. The number of carbonyl (C=O) groups is 1. The van der Waals surface area contributed by atoms with Gasteiger partial charge in [-0.1, -0.05) is 19.3 Å². The van der Waals surface area contributed by atoms with Crippen molar-refractivity contribution in [1.29, 1.82) is 0 Å². The van der Waals surface area contributed by atoms with E-state index in [9.17, 15) is 14.9 Å². The van der Waals surface area contributed by atoms with Crippen LogP contribution in [0.5, 0.6) is 0 Å². The Morgan fingerprint density at radius 3 is 2.67 bits per heavy atom. The van der Waals surface area contributed by atoms with Gasteiger partial charge < -0.3 is 5.11 Å². The molecule has 1 aromatic heterocycles. The summed E-state index contributed by atoms with van der Waals surface area (Å²) in [4.78, 5) is 20.9. The topological polar surface area (TPSA) is 98.3 Å². The molecule has 98 valence electrons. The Morgan fingerprint density at radius 2 is 2.17 bits per heavy atom. The second kappa shape index (κ2) is 5.16. The summed E-state index contributed by atoms with van der Waals surface area (Å²) in [6, 6.07) is 0. The van der Waals surface area contributed by atoms with Crippen molar-refractivity contribution in [2.45, 2.75) is 38.6 Å². The molecule has 1 aliphatic rings. The van der Waals surface area contributed by atoms with Crippen LogP contribution in [0.4, 0.5) is 5.69 Å². The lowest BCUT2D eigenvalue weighted by atomic mass is 9.89. The SMILES string of the molecule is O=C(O)c1nn(CC2CCCCC2)cc1[N+](=O)[O-]. The molecule has 0 amide bonds. The minimum atomic E-state index is -1.36. The fourth-order valence-electron chi connectivity index (χ4n) is 2.42. The molecule has 7 heteroatoms. The van der Waals surface area contributed by atoms with Crippen molar-refractivity contribution < 1.29 is 14.8 Å². The average Bonchev–Trinajstić information content (AvgIpc) is 2.74. The van der Waals surface area contributed by atoms with Crippen LogP contribution >= 0.6 is 0 Å². The number of carboxylic acid groups (broad SMARTS) is 1. The molecule has 0 spiro atoms. The van der Waals surface area contributed by atoms with Crippen molar-refractivity contribution in [3.63, 3.8) is 0 Å². The van der Waals surface area contributed by atoms with Crippen LogP contribution in [0.3, 0.4) is 0 Å². The lowest BCUT2D eigenvalue weighted by molar-refractivity contribution is -0.385. The summed E-state index contributed by atoms with van der Waals surface area (Å²) in [5.74, 6) is -0.913. The molecular weight excluding hydrogens is 238 g/mol. The average molecular weight is 253 g/mol. The third kappa shape index (κ3) is 2.66. The van der Waals surface area contributed by atoms with E-state index >= 15 is 0 Å². The molecule has 7 nitrogen and oxygen atoms in total. The molecule has 0 aromatic carbocycles. The van der Waals surface area contributed by atoms with Crippen LogP contribution in [0.1, 0.15) is 42.6 Å². The largest absolute Gasteiger partial charge is 0.476 e. The van der Waals surface area contributed by atoms with Crippen molar-refractivity contribution >= 4 is 11.7 Å². The summed E-state index contributed by atoms with van der Waals surface area (Å²) in [6.45, 7) is 0.564. The molecule has 1 fully saturated rings. The highest BCUT2D eigenvalue weighted by Gasteiger charge is 2.26. The van der Waals surface area contributed by atoms with E-state index in [0.717, 1.165) is 12.8 Å². The van der Waals surface area contributed by atoms with Crippen molar-refractivity contribution in [3.05, 3.63) is 22.0 Å². The number of nitro groups is 1. The van der Waals surface area contributed by atoms with E-state index in [1.54, 1.807) is 0 Å². The molecule has 2 rings (SSSR count). The molecule has 1 N–H and O–H groups in total. The van der Waals surface area contributed by atoms with Gasteiger partial charge >= 0.3 is 11.7 Å². The Hall–Kier alpha value is -1.92. The van der Waals surface area contributed by atoms with Gasteiger partial charge in [0.2, 0.25) is 5.69 Å². The van der Waals surface area contributed by atoms with Gasteiger partial charge in [0.1, 0.15) is 6.20 Å². The van der Waals surface area contributed by atoms with Crippen molar-refractivity contribution in [2.75, 3.05) is 0 Å². The maximum atomic E-state index is 10.9. The minimum absolute atomic E-state index is 0.432. The van der Waals surface area contributed by atoms with E-state index < -0.39 is 22.3 Å². The van der Waals surface area contributed by atoms with Crippen molar-refractivity contribution in [2.24, 2.45) is 5.92 Å². The van der Waals surface area contributed by atoms with Gasteiger partial charge in [-0.25, -0.2) is 4.79 Å². The Balaban J connectivity index is 2.15. The van der Waals surface area contributed by atoms with Crippen LogP contribution in [-0.2, 0) is 6.54 Å². The first-order chi connectivity index (χ1) is 8.58. The highest BCUT2D eigenvalue weighted by Crippen LogP contribution is 2.26. The summed E-state index contributed by atoms with van der Waals surface area (Å²) >= 11 is 0. The fourth-order valence-corrected chi connectivity index (χ4v) is 2.42. The summed E-state index contributed by atoms with van der Waals surface area (Å²) in [5, 5.41) is 23.4. The van der Waals surface area contributed by atoms with Crippen molar-refractivity contribution in [3.8, 4) is 0 Å². The molecule has 0 bridgehead atoms. The lowest BCUT2D eigenvalue weighted by Gasteiger charge is -2.20. The lowest BCUT2D eigenvalue weighted by Crippen LogP contribution is -2.15. The zero-order chi connectivity index (χ0) is 13.1. The fraction of sp³-hybridized carbons (Fsp3) is 0.636. The summed E-state index contributed by atoms with van der Waals surface area (Å²) < 4.78 is 1.40. The number of rotatable bonds is 4. The first-order valence-electron chi connectivity index (χ1n) is 6.03. The van der Waals surface area contributed by atoms with Gasteiger partial charge in [-0.3, -0.25) is 14.8 Å². The molecule has 0 unspecified atom stereocenters. The number of aromatic nitrogens is 2. The predicted octanol–water partition coefficient (Wildman–Crippen LogP) is 2.07. The van der Waals surface area contributed by atoms with E-state index in [2.05, 4.69) is 5.10 Å². The first kappa shape index (κ1) is 12.5. The van der Waals surface area contributed by atoms with Crippen LogP contribution in [0, 0.1) is 16.0 Å². The van der Waals surface area contributed by atoms with Gasteiger partial charge in [-0.05, 0) is 18.8 Å². The van der Waals surface area contributed by atoms with E-state index in [-0.39, 0.29) is 0 Å². The minimum Gasteiger partial charge on any atom is -0.476 e.